The first-order valence-corrected chi connectivity index (χ1v) is 6.54. The number of aromatic amines is 1. The number of anilines is 1. The Morgan fingerprint density at radius 3 is 2.78 bits per heavy atom. The number of carbonyl (C=O) groups is 1. The van der Waals surface area contributed by atoms with Crippen molar-refractivity contribution in [2.45, 2.75) is 26.5 Å². The zero-order valence-corrected chi connectivity index (χ0v) is 10.7. The van der Waals surface area contributed by atoms with Crippen LogP contribution in [0.4, 0.5) is 10.6 Å². The highest BCUT2D eigenvalue weighted by molar-refractivity contribution is 7.88. The first kappa shape index (κ1) is 14.3. The molecule has 1 amide bonds. The molecule has 0 unspecified atom stereocenters. The molecule has 1 heterocycles. The summed E-state index contributed by atoms with van der Waals surface area (Å²) in [5.41, 5.74) is 5.94. The first-order valence-electron chi connectivity index (χ1n) is 5.06. The molecule has 1 aromatic heterocycles. The second kappa shape index (κ2) is 5.69. The lowest BCUT2D eigenvalue weighted by atomic mass is 10.3. The van der Waals surface area contributed by atoms with Gasteiger partial charge in [0.25, 0.3) is 0 Å². The fourth-order valence-corrected chi connectivity index (χ4v) is 1.70. The van der Waals surface area contributed by atoms with Crippen molar-refractivity contribution < 1.29 is 17.9 Å². The molecule has 0 fully saturated rings. The van der Waals surface area contributed by atoms with Gasteiger partial charge in [0, 0.05) is 12.1 Å². The summed E-state index contributed by atoms with van der Waals surface area (Å²) in [7, 11) is -3.99. The van der Waals surface area contributed by atoms with E-state index in [0.29, 0.717) is 5.56 Å². The summed E-state index contributed by atoms with van der Waals surface area (Å²) >= 11 is 0. The molecule has 9 nitrogen and oxygen atoms in total. The summed E-state index contributed by atoms with van der Waals surface area (Å²) in [5.74, 6) is 0.252. The molecule has 5 N–H and O–H groups in total. The highest BCUT2D eigenvalue weighted by Gasteiger charge is 2.16. The van der Waals surface area contributed by atoms with Gasteiger partial charge in [-0.2, -0.15) is 18.2 Å². The highest BCUT2D eigenvalue weighted by atomic mass is 32.2. The Bertz CT molecular complexity index is 509. The molecule has 0 aromatic carbocycles. The molecule has 0 saturated carbocycles. The van der Waals surface area contributed by atoms with Crippen molar-refractivity contribution >= 4 is 22.1 Å². The minimum Gasteiger partial charge on any atom is -0.446 e. The fraction of sp³-hybridized carbons (Fsp3) is 0.500. The number of aromatic nitrogens is 2. The van der Waals surface area contributed by atoms with Crippen molar-refractivity contribution in [3.8, 4) is 0 Å². The number of nitrogen functional groups attached to an aromatic ring is 1. The Morgan fingerprint density at radius 1 is 1.61 bits per heavy atom. The van der Waals surface area contributed by atoms with Crippen LogP contribution in [0.1, 0.15) is 19.4 Å². The molecule has 102 valence electrons. The monoisotopic (exact) mass is 277 g/mol. The molecule has 0 spiro atoms. The summed E-state index contributed by atoms with van der Waals surface area (Å²) in [6.07, 6.45) is -0.0769. The average Bonchev–Trinajstić information content (AvgIpc) is 2.58. The Labute approximate surface area is 104 Å². The minimum absolute atomic E-state index is 0.0906. The maximum atomic E-state index is 11.4. The normalized spacial score (nSPS) is 11.5. The largest absolute Gasteiger partial charge is 0.446 e. The van der Waals surface area contributed by atoms with E-state index in [-0.39, 0.29) is 12.4 Å². The van der Waals surface area contributed by atoms with Crippen LogP contribution >= 0.6 is 0 Å². The van der Waals surface area contributed by atoms with Crippen LogP contribution in [0.5, 0.6) is 0 Å². The molecule has 1 aromatic rings. The number of nitrogens with two attached hydrogens (primary N) is 1. The van der Waals surface area contributed by atoms with Gasteiger partial charge in [-0.15, -0.1) is 0 Å². The number of nitrogens with one attached hydrogen (secondary N) is 3. The molecule has 10 heteroatoms. The van der Waals surface area contributed by atoms with E-state index in [0.717, 1.165) is 0 Å². The van der Waals surface area contributed by atoms with Crippen molar-refractivity contribution in [3.05, 3.63) is 11.8 Å². The average molecular weight is 277 g/mol. The zero-order valence-electron chi connectivity index (χ0n) is 9.93. The summed E-state index contributed by atoms with van der Waals surface area (Å²) in [6.45, 7) is 3.12. The topological polar surface area (TPSA) is 139 Å². The van der Waals surface area contributed by atoms with E-state index in [1.807, 2.05) is 0 Å². The molecule has 0 saturated heterocycles. The SMILES string of the molecule is CC(C)OC(=O)NS(=O)(=O)NCc1cn[nH]c1N. The van der Waals surface area contributed by atoms with E-state index in [2.05, 4.69) is 19.7 Å². The predicted octanol–water partition coefficient (Wildman–Crippen LogP) is -0.539. The van der Waals surface area contributed by atoms with Gasteiger partial charge < -0.3 is 10.5 Å². The van der Waals surface area contributed by atoms with Gasteiger partial charge in [-0.3, -0.25) is 5.10 Å². The fourth-order valence-electron chi connectivity index (χ4n) is 1.02. The number of nitrogens with zero attached hydrogens (tertiary/aromatic N) is 1. The molecule has 0 aliphatic heterocycles. The summed E-state index contributed by atoms with van der Waals surface area (Å²) in [5, 5.41) is 6.08. The van der Waals surface area contributed by atoms with Crippen LogP contribution in [0, 0.1) is 0 Å². The Kier molecular flexibility index (Phi) is 4.50. The van der Waals surface area contributed by atoms with Crippen LogP contribution in [0.25, 0.3) is 0 Å². The second-order valence-corrected chi connectivity index (χ2v) is 5.19. The number of H-pyrrole nitrogens is 1. The van der Waals surface area contributed by atoms with Gasteiger partial charge in [0.2, 0.25) is 0 Å². The molecule has 18 heavy (non-hydrogen) atoms. The van der Waals surface area contributed by atoms with Crippen LogP contribution in [-0.2, 0) is 21.5 Å². The lowest BCUT2D eigenvalue weighted by Crippen LogP contribution is -2.40. The number of hydrogen-bond donors (Lipinski definition) is 4. The lowest BCUT2D eigenvalue weighted by Gasteiger charge is -2.10. The molecule has 1 rings (SSSR count). The Hall–Kier alpha value is -1.81. The third kappa shape index (κ3) is 4.59. The quantitative estimate of drug-likeness (QED) is 0.570. The standard InChI is InChI=1S/C8H15N5O4S/c1-5(2)17-8(14)13-18(15,16)11-4-6-3-10-12-7(6)9/h3,5,11H,4H2,1-2H3,(H,13,14)(H3,9,10,12). The first-order chi connectivity index (χ1) is 8.30. The zero-order chi connectivity index (χ0) is 13.8. The van der Waals surface area contributed by atoms with Gasteiger partial charge in [-0.05, 0) is 13.8 Å². The van der Waals surface area contributed by atoms with Gasteiger partial charge in [0.05, 0.1) is 12.3 Å². The maximum absolute atomic E-state index is 11.4. The van der Waals surface area contributed by atoms with Crippen molar-refractivity contribution in [1.29, 1.82) is 0 Å². The van der Waals surface area contributed by atoms with E-state index in [9.17, 15) is 13.2 Å². The van der Waals surface area contributed by atoms with Crippen molar-refractivity contribution in [3.63, 3.8) is 0 Å². The molecule has 0 radical (unpaired) electrons. The maximum Gasteiger partial charge on any atom is 0.422 e. The number of carbonyl (C=O) groups excluding carboxylic acids is 1. The van der Waals surface area contributed by atoms with E-state index in [1.165, 1.54) is 6.20 Å². The predicted molar refractivity (Wildman–Crippen MR) is 63.5 cm³/mol. The smallest absolute Gasteiger partial charge is 0.422 e. The third-order valence-corrected chi connectivity index (χ3v) is 2.72. The number of rotatable bonds is 5. The van der Waals surface area contributed by atoms with E-state index < -0.39 is 22.4 Å². The summed E-state index contributed by atoms with van der Waals surface area (Å²) < 4.78 is 31.3. The molecular weight excluding hydrogens is 262 g/mol. The van der Waals surface area contributed by atoms with Gasteiger partial charge in [-0.1, -0.05) is 0 Å². The highest BCUT2D eigenvalue weighted by Crippen LogP contribution is 2.05. The summed E-state index contributed by atoms with van der Waals surface area (Å²) in [6, 6.07) is 0. The van der Waals surface area contributed by atoms with E-state index in [4.69, 9.17) is 5.73 Å². The van der Waals surface area contributed by atoms with Gasteiger partial charge >= 0.3 is 16.3 Å². The van der Waals surface area contributed by atoms with Crippen LogP contribution in [0.15, 0.2) is 6.20 Å². The van der Waals surface area contributed by atoms with Crippen molar-refractivity contribution in [1.82, 2.24) is 19.6 Å². The minimum atomic E-state index is -3.99. The Morgan fingerprint density at radius 2 is 2.28 bits per heavy atom. The number of hydrogen-bond acceptors (Lipinski definition) is 6. The summed E-state index contributed by atoms with van der Waals surface area (Å²) in [4.78, 5) is 11.1. The second-order valence-electron chi connectivity index (χ2n) is 3.69. The van der Waals surface area contributed by atoms with Gasteiger partial charge in [-0.25, -0.2) is 9.52 Å². The molecule has 0 bridgehead atoms. The third-order valence-electron chi connectivity index (χ3n) is 1.76. The molecule has 0 aliphatic carbocycles. The van der Waals surface area contributed by atoms with Gasteiger partial charge in [0.1, 0.15) is 5.82 Å². The van der Waals surface area contributed by atoms with Gasteiger partial charge in [0.15, 0.2) is 0 Å². The number of ether oxygens (including phenoxy) is 1. The van der Waals surface area contributed by atoms with E-state index >= 15 is 0 Å². The van der Waals surface area contributed by atoms with Crippen molar-refractivity contribution in [2.24, 2.45) is 0 Å². The van der Waals surface area contributed by atoms with E-state index in [1.54, 1.807) is 18.6 Å². The lowest BCUT2D eigenvalue weighted by molar-refractivity contribution is 0.121. The molecular formula is C8H15N5O4S. The van der Waals surface area contributed by atoms with Crippen LogP contribution < -0.4 is 15.2 Å². The Balaban J connectivity index is 2.50. The molecule has 0 aliphatic rings. The van der Waals surface area contributed by atoms with Crippen LogP contribution in [0.2, 0.25) is 0 Å². The van der Waals surface area contributed by atoms with Crippen LogP contribution in [-0.4, -0.2) is 30.8 Å². The van der Waals surface area contributed by atoms with Crippen molar-refractivity contribution in [2.75, 3.05) is 5.73 Å². The number of amides is 1. The van der Waals surface area contributed by atoms with Crippen LogP contribution in [0.3, 0.4) is 0 Å². The molecule has 0 atom stereocenters.